The van der Waals surface area contributed by atoms with Gasteiger partial charge >= 0.3 is 11.9 Å². The molecule has 110 valence electrons. The first-order valence-corrected chi connectivity index (χ1v) is 6.16. The van der Waals surface area contributed by atoms with E-state index < -0.39 is 11.9 Å². The molecule has 2 aromatic rings. The Hall–Kier alpha value is -2.76. The third-order valence-corrected chi connectivity index (χ3v) is 3.19. The summed E-state index contributed by atoms with van der Waals surface area (Å²) in [4.78, 5) is 23.7. The van der Waals surface area contributed by atoms with E-state index in [2.05, 4.69) is 0 Å². The van der Waals surface area contributed by atoms with Gasteiger partial charge in [0.2, 0.25) is 0 Å². The second kappa shape index (κ2) is 5.70. The van der Waals surface area contributed by atoms with E-state index in [4.69, 9.17) is 9.47 Å². The van der Waals surface area contributed by atoms with E-state index in [1.54, 1.807) is 25.2 Å². The van der Waals surface area contributed by atoms with Gasteiger partial charge in [-0.1, -0.05) is 12.1 Å². The second-order valence-electron chi connectivity index (χ2n) is 4.35. The number of nitrogens with zero attached hydrogens (tertiary/aromatic N) is 1. The van der Waals surface area contributed by atoms with Gasteiger partial charge in [-0.25, -0.2) is 9.59 Å². The predicted molar refractivity (Wildman–Crippen MR) is 75.2 cm³/mol. The number of phenolic OH excluding ortho intramolecular Hbond substituents is 1. The molecular formula is C15H15NO5. The zero-order valence-corrected chi connectivity index (χ0v) is 11.9. The first kappa shape index (κ1) is 14.6. The second-order valence-corrected chi connectivity index (χ2v) is 4.35. The molecule has 0 aliphatic carbocycles. The lowest BCUT2D eigenvalue weighted by atomic mass is 10.1. The van der Waals surface area contributed by atoms with Crippen molar-refractivity contribution in [3.63, 3.8) is 0 Å². The van der Waals surface area contributed by atoms with Crippen molar-refractivity contribution < 1.29 is 24.2 Å². The molecule has 0 amide bonds. The SMILES string of the molecule is COC(=O)c1cc(C(=O)OC)n(C)c1-c1ccccc1O. The molecule has 0 fully saturated rings. The van der Waals surface area contributed by atoms with Crippen LogP contribution in [0.2, 0.25) is 0 Å². The van der Waals surface area contributed by atoms with Gasteiger partial charge in [0, 0.05) is 12.6 Å². The summed E-state index contributed by atoms with van der Waals surface area (Å²) in [5, 5.41) is 9.99. The molecule has 1 heterocycles. The van der Waals surface area contributed by atoms with Crippen LogP contribution in [0.4, 0.5) is 0 Å². The highest BCUT2D eigenvalue weighted by Crippen LogP contribution is 2.33. The molecule has 0 radical (unpaired) electrons. The molecule has 0 saturated carbocycles. The number of aromatic hydroxyl groups is 1. The average Bonchev–Trinajstić information content (AvgIpc) is 2.83. The number of carbonyl (C=O) groups is 2. The lowest BCUT2D eigenvalue weighted by molar-refractivity contribution is 0.0589. The largest absolute Gasteiger partial charge is 0.507 e. The highest BCUT2D eigenvalue weighted by molar-refractivity contribution is 6.01. The Bertz CT molecular complexity index is 702. The molecule has 0 aliphatic rings. The normalized spacial score (nSPS) is 10.2. The van der Waals surface area contributed by atoms with Gasteiger partial charge in [-0.15, -0.1) is 0 Å². The number of carbonyl (C=O) groups excluding carboxylic acids is 2. The number of methoxy groups -OCH3 is 2. The van der Waals surface area contributed by atoms with Crippen molar-refractivity contribution in [1.29, 1.82) is 0 Å². The number of phenols is 1. The molecule has 1 aromatic heterocycles. The molecule has 6 heteroatoms. The van der Waals surface area contributed by atoms with Crippen LogP contribution in [-0.2, 0) is 16.5 Å². The van der Waals surface area contributed by atoms with Crippen LogP contribution in [0.1, 0.15) is 20.8 Å². The zero-order valence-electron chi connectivity index (χ0n) is 11.9. The topological polar surface area (TPSA) is 77.8 Å². The van der Waals surface area contributed by atoms with Gasteiger partial charge in [0.1, 0.15) is 11.4 Å². The first-order valence-electron chi connectivity index (χ1n) is 6.16. The summed E-state index contributed by atoms with van der Waals surface area (Å²) >= 11 is 0. The Labute approximate surface area is 121 Å². The summed E-state index contributed by atoms with van der Waals surface area (Å²) in [7, 11) is 4.12. The Kier molecular flexibility index (Phi) is 3.98. The van der Waals surface area contributed by atoms with Crippen LogP contribution in [0.25, 0.3) is 11.3 Å². The fraction of sp³-hybridized carbons (Fsp3) is 0.200. The van der Waals surface area contributed by atoms with Crippen molar-refractivity contribution in [2.24, 2.45) is 7.05 Å². The van der Waals surface area contributed by atoms with E-state index >= 15 is 0 Å². The highest BCUT2D eigenvalue weighted by atomic mass is 16.5. The fourth-order valence-corrected chi connectivity index (χ4v) is 2.17. The Morgan fingerprint density at radius 1 is 1.10 bits per heavy atom. The van der Waals surface area contributed by atoms with Gasteiger partial charge in [-0.3, -0.25) is 0 Å². The molecule has 0 unspecified atom stereocenters. The van der Waals surface area contributed by atoms with E-state index in [-0.39, 0.29) is 17.0 Å². The van der Waals surface area contributed by atoms with Crippen LogP contribution < -0.4 is 0 Å². The Balaban J connectivity index is 2.74. The lowest BCUT2D eigenvalue weighted by Crippen LogP contribution is -2.08. The molecule has 0 saturated heterocycles. The number of hydrogen-bond donors (Lipinski definition) is 1. The van der Waals surface area contributed by atoms with E-state index in [1.807, 2.05) is 0 Å². The minimum absolute atomic E-state index is 0.000249. The first-order chi connectivity index (χ1) is 10.0. The fourth-order valence-electron chi connectivity index (χ4n) is 2.17. The predicted octanol–water partition coefficient (Wildman–Crippen LogP) is 1.97. The Morgan fingerprint density at radius 2 is 1.71 bits per heavy atom. The maximum absolute atomic E-state index is 11.9. The van der Waals surface area contributed by atoms with Crippen molar-refractivity contribution >= 4 is 11.9 Å². The molecule has 6 nitrogen and oxygen atoms in total. The minimum Gasteiger partial charge on any atom is -0.507 e. The van der Waals surface area contributed by atoms with Crippen molar-refractivity contribution in [3.05, 3.63) is 41.6 Å². The molecule has 0 bridgehead atoms. The van der Waals surface area contributed by atoms with Gasteiger partial charge in [-0.05, 0) is 18.2 Å². The van der Waals surface area contributed by atoms with Crippen molar-refractivity contribution in [3.8, 4) is 17.0 Å². The van der Waals surface area contributed by atoms with Crippen LogP contribution in [-0.4, -0.2) is 35.8 Å². The summed E-state index contributed by atoms with van der Waals surface area (Å²) in [6.07, 6.45) is 0. The van der Waals surface area contributed by atoms with E-state index in [1.165, 1.54) is 30.9 Å². The number of para-hydroxylation sites is 1. The molecular weight excluding hydrogens is 274 g/mol. The summed E-state index contributed by atoms with van der Waals surface area (Å²) in [6.45, 7) is 0. The number of hydrogen-bond acceptors (Lipinski definition) is 5. The van der Waals surface area contributed by atoms with Gasteiger partial charge < -0.3 is 19.1 Å². The summed E-state index contributed by atoms with van der Waals surface area (Å²) in [6, 6.07) is 7.93. The van der Waals surface area contributed by atoms with Crippen LogP contribution in [0.15, 0.2) is 30.3 Å². The van der Waals surface area contributed by atoms with Gasteiger partial charge in [0.15, 0.2) is 0 Å². The van der Waals surface area contributed by atoms with E-state index in [0.29, 0.717) is 11.3 Å². The number of ether oxygens (including phenoxy) is 2. The number of benzene rings is 1. The zero-order chi connectivity index (χ0) is 15.6. The molecule has 2 rings (SSSR count). The van der Waals surface area contributed by atoms with Crippen LogP contribution in [0.5, 0.6) is 5.75 Å². The van der Waals surface area contributed by atoms with Crippen molar-refractivity contribution in [1.82, 2.24) is 4.57 Å². The van der Waals surface area contributed by atoms with E-state index in [0.717, 1.165) is 0 Å². The van der Waals surface area contributed by atoms with Crippen molar-refractivity contribution in [2.45, 2.75) is 0 Å². The lowest BCUT2D eigenvalue weighted by Gasteiger charge is -2.10. The van der Waals surface area contributed by atoms with Crippen LogP contribution >= 0.6 is 0 Å². The summed E-state index contributed by atoms with van der Waals surface area (Å²) in [5.74, 6) is -1.18. The molecule has 0 aliphatic heterocycles. The highest BCUT2D eigenvalue weighted by Gasteiger charge is 2.25. The number of esters is 2. The summed E-state index contributed by atoms with van der Waals surface area (Å²) in [5.41, 5.74) is 1.19. The minimum atomic E-state index is -0.598. The smallest absolute Gasteiger partial charge is 0.354 e. The third kappa shape index (κ3) is 2.47. The quantitative estimate of drug-likeness (QED) is 0.874. The molecule has 0 atom stereocenters. The van der Waals surface area contributed by atoms with E-state index in [9.17, 15) is 14.7 Å². The average molecular weight is 289 g/mol. The number of rotatable bonds is 3. The maximum Gasteiger partial charge on any atom is 0.354 e. The monoisotopic (exact) mass is 289 g/mol. The third-order valence-electron chi connectivity index (χ3n) is 3.19. The van der Waals surface area contributed by atoms with Gasteiger partial charge in [0.25, 0.3) is 0 Å². The summed E-state index contributed by atoms with van der Waals surface area (Å²) < 4.78 is 10.9. The maximum atomic E-state index is 11.9. The standard InChI is InChI=1S/C15H15NO5/c1-16-11(15(19)21-3)8-10(14(18)20-2)13(16)9-6-4-5-7-12(9)17/h4-8,17H,1-3H3. The molecule has 1 N–H and O–H groups in total. The molecule has 21 heavy (non-hydrogen) atoms. The van der Waals surface area contributed by atoms with Crippen LogP contribution in [0, 0.1) is 0 Å². The Morgan fingerprint density at radius 3 is 2.29 bits per heavy atom. The van der Waals surface area contributed by atoms with Crippen molar-refractivity contribution in [2.75, 3.05) is 14.2 Å². The number of aromatic nitrogens is 1. The molecule has 0 spiro atoms. The van der Waals surface area contributed by atoms with Gasteiger partial charge in [0.05, 0.1) is 25.5 Å². The molecule has 1 aromatic carbocycles. The van der Waals surface area contributed by atoms with Crippen LogP contribution in [0.3, 0.4) is 0 Å². The van der Waals surface area contributed by atoms with Gasteiger partial charge in [-0.2, -0.15) is 0 Å².